The van der Waals surface area contributed by atoms with E-state index in [0.717, 1.165) is 37.3 Å². The van der Waals surface area contributed by atoms with Gasteiger partial charge >= 0.3 is 6.03 Å². The van der Waals surface area contributed by atoms with E-state index in [1.54, 1.807) is 7.11 Å². The standard InChI is InChI=1S/C27H40N4O7/c1-35-13-12-30(17-18-8-7-11-29-10-6-5-9-21(18)29)24(32)16-20-26(33)31(27(34)28-20)19-14-22(36-2)25(38-4)23(15-19)37-3/h14-15,18,20-21H,5-13,16-17H2,1-4H3,(H,28,34). The number of carbonyl (C=O) groups excluding carboxylic acids is 3. The predicted molar refractivity (Wildman–Crippen MR) is 141 cm³/mol. The van der Waals surface area contributed by atoms with Gasteiger partial charge in [-0.3, -0.25) is 9.59 Å². The summed E-state index contributed by atoms with van der Waals surface area (Å²) >= 11 is 0. The van der Waals surface area contributed by atoms with Gasteiger partial charge in [-0.2, -0.15) is 0 Å². The van der Waals surface area contributed by atoms with Crippen LogP contribution in [0.1, 0.15) is 38.5 Å². The van der Waals surface area contributed by atoms with Crippen molar-refractivity contribution in [3.8, 4) is 17.2 Å². The van der Waals surface area contributed by atoms with Crippen LogP contribution in [0.4, 0.5) is 10.5 Å². The highest BCUT2D eigenvalue weighted by molar-refractivity contribution is 6.22. The van der Waals surface area contributed by atoms with E-state index in [2.05, 4.69) is 10.2 Å². The third-order valence-corrected chi connectivity index (χ3v) is 7.91. The van der Waals surface area contributed by atoms with Crippen LogP contribution in [0.2, 0.25) is 0 Å². The molecule has 0 spiro atoms. The summed E-state index contributed by atoms with van der Waals surface area (Å²) in [5, 5.41) is 2.68. The van der Waals surface area contributed by atoms with Crippen molar-refractivity contribution in [1.29, 1.82) is 0 Å². The summed E-state index contributed by atoms with van der Waals surface area (Å²) in [6.07, 6.45) is 5.74. The fourth-order valence-corrected chi connectivity index (χ4v) is 6.01. The molecule has 1 aromatic rings. The second-order valence-electron chi connectivity index (χ2n) is 10.1. The molecular weight excluding hydrogens is 492 g/mol. The Morgan fingerprint density at radius 3 is 2.37 bits per heavy atom. The summed E-state index contributed by atoms with van der Waals surface area (Å²) in [5.74, 6) is 0.717. The van der Waals surface area contributed by atoms with Gasteiger partial charge in [0.1, 0.15) is 6.04 Å². The molecule has 210 valence electrons. The number of amides is 4. The van der Waals surface area contributed by atoms with Crippen LogP contribution in [-0.4, -0.2) is 101 Å². The van der Waals surface area contributed by atoms with Crippen LogP contribution in [0, 0.1) is 5.92 Å². The molecule has 0 aromatic heterocycles. The third-order valence-electron chi connectivity index (χ3n) is 7.91. The van der Waals surface area contributed by atoms with Gasteiger partial charge in [-0.05, 0) is 44.7 Å². The molecule has 3 unspecified atom stereocenters. The van der Waals surface area contributed by atoms with E-state index in [0.29, 0.717) is 48.9 Å². The number of urea groups is 1. The monoisotopic (exact) mass is 532 g/mol. The molecular formula is C27H40N4O7. The van der Waals surface area contributed by atoms with Crippen LogP contribution < -0.4 is 24.4 Å². The summed E-state index contributed by atoms with van der Waals surface area (Å²) in [6, 6.07) is 2.01. The second kappa shape index (κ2) is 12.7. The van der Waals surface area contributed by atoms with Crippen molar-refractivity contribution >= 4 is 23.5 Å². The van der Waals surface area contributed by atoms with E-state index in [9.17, 15) is 14.4 Å². The lowest BCUT2D eigenvalue weighted by atomic mass is 9.83. The molecule has 0 bridgehead atoms. The first kappa shape index (κ1) is 28.0. The summed E-state index contributed by atoms with van der Waals surface area (Å²) in [7, 11) is 6.01. The molecule has 38 heavy (non-hydrogen) atoms. The first-order valence-corrected chi connectivity index (χ1v) is 13.4. The number of hydrogen-bond acceptors (Lipinski definition) is 8. The molecule has 1 N–H and O–H groups in total. The molecule has 4 amide bonds. The Bertz CT molecular complexity index is 992. The molecule has 4 rings (SSSR count). The van der Waals surface area contributed by atoms with Crippen molar-refractivity contribution < 1.29 is 33.3 Å². The predicted octanol–water partition coefficient (Wildman–Crippen LogP) is 2.27. The molecule has 3 heterocycles. The highest BCUT2D eigenvalue weighted by atomic mass is 16.5. The molecule has 1 aromatic carbocycles. The molecule has 0 aliphatic carbocycles. The highest BCUT2D eigenvalue weighted by Gasteiger charge is 2.42. The number of anilines is 1. The van der Waals surface area contributed by atoms with Gasteiger partial charge in [0.2, 0.25) is 11.7 Å². The third kappa shape index (κ3) is 5.83. The molecule has 3 atom stereocenters. The number of nitrogens with zero attached hydrogens (tertiary/aromatic N) is 3. The van der Waals surface area contributed by atoms with Crippen molar-refractivity contribution in [2.75, 3.05) is 66.1 Å². The van der Waals surface area contributed by atoms with Crippen LogP contribution in [0.15, 0.2) is 12.1 Å². The van der Waals surface area contributed by atoms with Gasteiger partial charge in [0.15, 0.2) is 11.5 Å². The number of ether oxygens (including phenoxy) is 4. The van der Waals surface area contributed by atoms with E-state index >= 15 is 0 Å². The summed E-state index contributed by atoms with van der Waals surface area (Å²) in [4.78, 5) is 45.1. The van der Waals surface area contributed by atoms with E-state index in [4.69, 9.17) is 18.9 Å². The van der Waals surface area contributed by atoms with Crippen molar-refractivity contribution in [2.45, 2.75) is 50.6 Å². The molecule has 11 heteroatoms. The van der Waals surface area contributed by atoms with Crippen LogP contribution in [-0.2, 0) is 14.3 Å². The lowest BCUT2D eigenvalue weighted by molar-refractivity contribution is -0.135. The second-order valence-corrected chi connectivity index (χ2v) is 10.1. The van der Waals surface area contributed by atoms with E-state index in [-0.39, 0.29) is 18.0 Å². The average molecular weight is 533 g/mol. The number of methoxy groups -OCH3 is 4. The average Bonchev–Trinajstić information content (AvgIpc) is 3.21. The lowest BCUT2D eigenvalue weighted by Gasteiger charge is -2.45. The van der Waals surface area contributed by atoms with E-state index in [1.807, 2.05) is 4.90 Å². The van der Waals surface area contributed by atoms with E-state index < -0.39 is 18.0 Å². The number of nitrogens with one attached hydrogen (secondary N) is 1. The highest BCUT2D eigenvalue weighted by Crippen LogP contribution is 2.41. The van der Waals surface area contributed by atoms with Crippen molar-refractivity contribution in [2.24, 2.45) is 5.92 Å². The molecule has 3 saturated heterocycles. The first-order valence-electron chi connectivity index (χ1n) is 13.4. The molecule has 3 aliphatic heterocycles. The first-order chi connectivity index (χ1) is 18.4. The SMILES string of the molecule is COCCN(CC1CCCN2CCCCC12)C(=O)CC1NC(=O)N(c2cc(OC)c(OC)c(OC)c2)C1=O. The molecule has 3 aliphatic rings. The van der Waals surface area contributed by atoms with Gasteiger partial charge in [0.05, 0.1) is 40.0 Å². The van der Waals surface area contributed by atoms with Gasteiger partial charge in [0.25, 0.3) is 5.91 Å². The number of carbonyl (C=O) groups is 3. The number of imide groups is 1. The Hall–Kier alpha value is -3.05. The number of hydrogen-bond donors (Lipinski definition) is 1. The minimum atomic E-state index is -0.961. The Kier molecular flexibility index (Phi) is 9.32. The van der Waals surface area contributed by atoms with Crippen LogP contribution in [0.5, 0.6) is 17.2 Å². The van der Waals surface area contributed by atoms with Gasteiger partial charge in [-0.1, -0.05) is 6.42 Å². The largest absolute Gasteiger partial charge is 0.493 e. The zero-order valence-electron chi connectivity index (χ0n) is 22.9. The smallest absolute Gasteiger partial charge is 0.329 e. The van der Waals surface area contributed by atoms with Gasteiger partial charge in [-0.25, -0.2) is 9.69 Å². The lowest BCUT2D eigenvalue weighted by Crippen LogP contribution is -2.52. The fraction of sp³-hybridized carbons (Fsp3) is 0.667. The molecule has 11 nitrogen and oxygen atoms in total. The molecule has 3 fully saturated rings. The van der Waals surface area contributed by atoms with Crippen molar-refractivity contribution in [3.63, 3.8) is 0 Å². The number of rotatable bonds is 11. The van der Waals surface area contributed by atoms with Crippen LogP contribution in [0.25, 0.3) is 0 Å². The summed E-state index contributed by atoms with van der Waals surface area (Å²) < 4.78 is 21.4. The maximum absolute atomic E-state index is 13.5. The van der Waals surface area contributed by atoms with Gasteiger partial charge in [0, 0.05) is 38.4 Å². The molecule has 0 radical (unpaired) electrons. The zero-order chi connectivity index (χ0) is 27.2. The zero-order valence-corrected chi connectivity index (χ0v) is 22.9. The maximum Gasteiger partial charge on any atom is 0.329 e. The minimum absolute atomic E-state index is 0.115. The Balaban J connectivity index is 1.48. The number of benzene rings is 1. The Labute approximate surface area is 224 Å². The Morgan fingerprint density at radius 2 is 1.71 bits per heavy atom. The van der Waals surface area contributed by atoms with Crippen LogP contribution >= 0.6 is 0 Å². The van der Waals surface area contributed by atoms with Gasteiger partial charge in [-0.15, -0.1) is 0 Å². The fourth-order valence-electron chi connectivity index (χ4n) is 6.01. The van der Waals surface area contributed by atoms with E-state index in [1.165, 1.54) is 46.3 Å². The normalized spacial score (nSPS) is 23.6. The summed E-state index contributed by atoms with van der Waals surface area (Å²) in [5.41, 5.74) is 0.271. The van der Waals surface area contributed by atoms with Crippen molar-refractivity contribution in [1.82, 2.24) is 15.1 Å². The topological polar surface area (TPSA) is 110 Å². The quantitative estimate of drug-likeness (QED) is 0.433. The summed E-state index contributed by atoms with van der Waals surface area (Å²) in [6.45, 7) is 3.76. The maximum atomic E-state index is 13.5. The minimum Gasteiger partial charge on any atom is -0.493 e. The van der Waals surface area contributed by atoms with Crippen LogP contribution in [0.3, 0.4) is 0 Å². The van der Waals surface area contributed by atoms with Crippen molar-refractivity contribution in [3.05, 3.63) is 12.1 Å². The Morgan fingerprint density at radius 1 is 1.00 bits per heavy atom. The number of fused-ring (bicyclic) bond motifs is 1. The number of piperidine rings is 2. The van der Waals surface area contributed by atoms with Gasteiger partial charge < -0.3 is 34.1 Å². The molecule has 0 saturated carbocycles.